The zero-order valence-electron chi connectivity index (χ0n) is 5.26. The summed E-state index contributed by atoms with van der Waals surface area (Å²) in [6, 6.07) is 2.11. The molecule has 1 aliphatic heterocycles. The first kappa shape index (κ1) is 6.53. The van der Waals surface area contributed by atoms with Gasteiger partial charge in [-0.25, -0.2) is 0 Å². The highest BCUT2D eigenvalue weighted by atomic mass is 16.5. The van der Waals surface area contributed by atoms with E-state index in [1.165, 1.54) is 0 Å². The van der Waals surface area contributed by atoms with E-state index >= 15 is 0 Å². The van der Waals surface area contributed by atoms with Crippen molar-refractivity contribution < 1.29 is 5.06 Å². The lowest BCUT2D eigenvalue weighted by molar-refractivity contribution is -0.856. The number of piperidine rings is 1. The smallest absolute Gasteiger partial charge is 0.0957 e. The van der Waals surface area contributed by atoms with E-state index in [0.29, 0.717) is 13.1 Å². The molecule has 1 heterocycles. The molecule has 3 heteroatoms. The fourth-order valence-corrected chi connectivity index (χ4v) is 1.13. The molecule has 0 aromatic rings. The van der Waals surface area contributed by atoms with Crippen LogP contribution in [-0.4, -0.2) is 13.1 Å². The maximum absolute atomic E-state index is 10.7. The molecule has 1 N–H and O–H groups in total. The van der Waals surface area contributed by atoms with Gasteiger partial charge in [0, 0.05) is 0 Å². The highest BCUT2D eigenvalue weighted by Gasteiger charge is 2.16. The van der Waals surface area contributed by atoms with Crippen molar-refractivity contribution in [1.29, 1.82) is 5.26 Å². The number of rotatable bonds is 0. The first-order chi connectivity index (χ1) is 4.33. The molecule has 1 fully saturated rings. The molecule has 3 nitrogen and oxygen atoms in total. The van der Waals surface area contributed by atoms with Gasteiger partial charge < -0.3 is 10.3 Å². The Kier molecular flexibility index (Phi) is 2.04. The fourth-order valence-electron chi connectivity index (χ4n) is 1.13. The third-order valence-electron chi connectivity index (χ3n) is 1.66. The van der Waals surface area contributed by atoms with Crippen LogP contribution < -0.4 is 5.06 Å². The quantitative estimate of drug-likeness (QED) is 0.436. The lowest BCUT2D eigenvalue weighted by Gasteiger charge is -2.28. The molecule has 2 atom stereocenters. The molecule has 1 rings (SSSR count). The lowest BCUT2D eigenvalue weighted by atomic mass is 10.0. The zero-order chi connectivity index (χ0) is 6.69. The lowest BCUT2D eigenvalue weighted by Crippen LogP contribution is -3.08. The van der Waals surface area contributed by atoms with Crippen molar-refractivity contribution in [2.75, 3.05) is 13.1 Å². The standard InChI is InChI=1S/C6H10N2O/c7-4-6-2-1-3-8(9)5-6/h6,8H,1-3,5H2. The second-order valence-corrected chi connectivity index (χ2v) is 2.46. The Bertz CT molecular complexity index is 130. The molecule has 0 radical (unpaired) electrons. The Morgan fingerprint density at radius 2 is 2.44 bits per heavy atom. The van der Waals surface area contributed by atoms with Gasteiger partial charge in [-0.1, -0.05) is 0 Å². The van der Waals surface area contributed by atoms with Gasteiger partial charge in [0.1, 0.15) is 0 Å². The topological polar surface area (TPSA) is 51.3 Å². The molecule has 0 aromatic heterocycles. The number of nitrogens with zero attached hydrogens (tertiary/aromatic N) is 1. The summed E-state index contributed by atoms with van der Waals surface area (Å²) in [5, 5.41) is 19.3. The summed E-state index contributed by atoms with van der Waals surface area (Å²) < 4.78 is 0. The molecule has 0 bridgehead atoms. The Morgan fingerprint density at radius 1 is 1.67 bits per heavy atom. The Balaban J connectivity index is 2.34. The van der Waals surface area contributed by atoms with E-state index in [1.54, 1.807) is 0 Å². The summed E-state index contributed by atoms with van der Waals surface area (Å²) in [6.07, 6.45) is 1.83. The average molecular weight is 126 g/mol. The number of hydrogen-bond acceptors (Lipinski definition) is 2. The van der Waals surface area contributed by atoms with Crippen LogP contribution in [0, 0.1) is 22.5 Å². The summed E-state index contributed by atoms with van der Waals surface area (Å²) in [5.74, 6) is 0.0197. The first-order valence-corrected chi connectivity index (χ1v) is 3.24. The van der Waals surface area contributed by atoms with Crippen LogP contribution in [0.15, 0.2) is 0 Å². The van der Waals surface area contributed by atoms with Crippen LogP contribution in [0.25, 0.3) is 0 Å². The van der Waals surface area contributed by atoms with E-state index in [1.807, 2.05) is 0 Å². The molecule has 0 aliphatic carbocycles. The van der Waals surface area contributed by atoms with Crippen molar-refractivity contribution in [3.63, 3.8) is 0 Å². The van der Waals surface area contributed by atoms with Crippen molar-refractivity contribution in [3.8, 4) is 6.07 Å². The number of hydroxylamine groups is 2. The SMILES string of the molecule is N#CC1CCC[NH+]([O-])C1. The molecule has 1 saturated heterocycles. The molecule has 0 aromatic carbocycles. The van der Waals surface area contributed by atoms with Crippen molar-refractivity contribution in [2.24, 2.45) is 5.92 Å². The van der Waals surface area contributed by atoms with Crippen LogP contribution in [0.4, 0.5) is 0 Å². The summed E-state index contributed by atoms with van der Waals surface area (Å²) >= 11 is 0. The molecular weight excluding hydrogens is 116 g/mol. The van der Waals surface area contributed by atoms with Crippen molar-refractivity contribution in [2.45, 2.75) is 12.8 Å². The Hall–Kier alpha value is -0.590. The highest BCUT2D eigenvalue weighted by molar-refractivity contribution is 4.83. The van der Waals surface area contributed by atoms with Gasteiger partial charge in [0.25, 0.3) is 0 Å². The van der Waals surface area contributed by atoms with Crippen molar-refractivity contribution in [1.82, 2.24) is 0 Å². The van der Waals surface area contributed by atoms with Crippen LogP contribution in [0.3, 0.4) is 0 Å². The van der Waals surface area contributed by atoms with Gasteiger partial charge in [0.15, 0.2) is 0 Å². The molecule has 9 heavy (non-hydrogen) atoms. The van der Waals surface area contributed by atoms with Gasteiger partial charge >= 0.3 is 0 Å². The zero-order valence-corrected chi connectivity index (χ0v) is 5.26. The minimum absolute atomic E-state index is 0.0197. The van der Waals surface area contributed by atoms with Gasteiger partial charge in [0.2, 0.25) is 0 Å². The maximum atomic E-state index is 10.7. The van der Waals surface area contributed by atoms with E-state index in [0.717, 1.165) is 12.8 Å². The highest BCUT2D eigenvalue weighted by Crippen LogP contribution is 2.04. The fraction of sp³-hybridized carbons (Fsp3) is 0.833. The van der Waals surface area contributed by atoms with E-state index in [2.05, 4.69) is 6.07 Å². The third-order valence-corrected chi connectivity index (χ3v) is 1.66. The molecule has 0 saturated carbocycles. The number of quaternary nitrogens is 1. The predicted molar refractivity (Wildman–Crippen MR) is 32.4 cm³/mol. The summed E-state index contributed by atoms with van der Waals surface area (Å²) in [7, 11) is 0. The van der Waals surface area contributed by atoms with E-state index in [-0.39, 0.29) is 11.0 Å². The van der Waals surface area contributed by atoms with Crippen LogP contribution in [0.2, 0.25) is 0 Å². The average Bonchev–Trinajstić information content (AvgIpc) is 1.88. The second kappa shape index (κ2) is 2.81. The number of nitrogens with one attached hydrogen (secondary N) is 1. The monoisotopic (exact) mass is 126 g/mol. The third kappa shape index (κ3) is 1.67. The van der Waals surface area contributed by atoms with Gasteiger partial charge in [0.05, 0.1) is 25.1 Å². The van der Waals surface area contributed by atoms with Crippen molar-refractivity contribution in [3.05, 3.63) is 5.21 Å². The molecular formula is C6H10N2O. The molecule has 0 spiro atoms. The number of hydrogen-bond donors (Lipinski definition) is 1. The van der Waals surface area contributed by atoms with Gasteiger partial charge in [-0.05, 0) is 12.8 Å². The molecule has 50 valence electrons. The molecule has 1 aliphatic rings. The Morgan fingerprint density at radius 3 is 2.89 bits per heavy atom. The minimum Gasteiger partial charge on any atom is -0.634 e. The summed E-state index contributed by atoms with van der Waals surface area (Å²) in [5.41, 5.74) is 0. The maximum Gasteiger partial charge on any atom is 0.0957 e. The minimum atomic E-state index is 0.0197. The van der Waals surface area contributed by atoms with E-state index in [9.17, 15) is 5.21 Å². The predicted octanol–water partition coefficient (Wildman–Crippen LogP) is -0.697. The number of nitriles is 1. The molecule has 0 amide bonds. The summed E-state index contributed by atoms with van der Waals surface area (Å²) in [4.78, 5) is 0. The van der Waals surface area contributed by atoms with Crippen LogP contribution in [0.1, 0.15) is 12.8 Å². The van der Waals surface area contributed by atoms with Gasteiger partial charge in [-0.15, -0.1) is 0 Å². The largest absolute Gasteiger partial charge is 0.634 e. The van der Waals surface area contributed by atoms with Gasteiger partial charge in [-0.2, -0.15) is 5.26 Å². The van der Waals surface area contributed by atoms with Crippen LogP contribution >= 0.6 is 0 Å². The summed E-state index contributed by atoms with van der Waals surface area (Å²) in [6.45, 7) is 1.19. The normalized spacial score (nSPS) is 35.6. The van der Waals surface area contributed by atoms with Crippen molar-refractivity contribution >= 4 is 0 Å². The van der Waals surface area contributed by atoms with Gasteiger partial charge in [-0.3, -0.25) is 0 Å². The first-order valence-electron chi connectivity index (χ1n) is 3.24. The Labute approximate surface area is 54.5 Å². The van der Waals surface area contributed by atoms with Crippen LogP contribution in [0.5, 0.6) is 0 Å². The second-order valence-electron chi connectivity index (χ2n) is 2.46. The van der Waals surface area contributed by atoms with E-state index in [4.69, 9.17) is 5.26 Å². The van der Waals surface area contributed by atoms with Crippen LogP contribution in [-0.2, 0) is 0 Å². The molecule has 2 unspecified atom stereocenters. The van der Waals surface area contributed by atoms with E-state index < -0.39 is 0 Å².